The molecule has 0 aliphatic carbocycles. The molecule has 3 nitrogen and oxygen atoms in total. The Labute approximate surface area is 142 Å². The van der Waals surface area contributed by atoms with Gasteiger partial charge < -0.3 is 11.1 Å². The highest BCUT2D eigenvalue weighted by Crippen LogP contribution is 2.27. The molecule has 0 fully saturated rings. The Hall–Kier alpha value is -1.36. The number of amides is 1. The molecule has 1 aromatic carbocycles. The van der Waals surface area contributed by atoms with E-state index in [0.717, 1.165) is 5.56 Å². The number of rotatable bonds is 5. The first-order chi connectivity index (χ1) is 9.84. The van der Waals surface area contributed by atoms with Gasteiger partial charge in [0.05, 0.1) is 0 Å². The number of carbonyl (C=O) groups excluding carboxylic acids is 1. The van der Waals surface area contributed by atoms with Crippen LogP contribution in [0.25, 0.3) is 0 Å². The summed E-state index contributed by atoms with van der Waals surface area (Å²) in [6.07, 6.45) is 0. The smallest absolute Gasteiger partial charge is 0.244 e. The van der Waals surface area contributed by atoms with Crippen LogP contribution in [-0.4, -0.2) is 12.5 Å². The van der Waals surface area contributed by atoms with E-state index in [2.05, 4.69) is 30.6 Å². The summed E-state index contributed by atoms with van der Waals surface area (Å²) >= 11 is 1.70. The van der Waals surface area contributed by atoms with Crippen LogP contribution in [0.1, 0.15) is 31.2 Å². The predicted octanol–water partition coefficient (Wildman–Crippen LogP) is 3.44. The number of nitrogens with one attached hydrogen (secondary N) is 1. The summed E-state index contributed by atoms with van der Waals surface area (Å²) < 4.78 is 0. The topological polar surface area (TPSA) is 55.1 Å². The van der Waals surface area contributed by atoms with Crippen molar-refractivity contribution < 1.29 is 4.79 Å². The molecule has 3 N–H and O–H groups in total. The third-order valence-electron chi connectivity index (χ3n) is 3.72. The second kappa shape index (κ2) is 7.27. The normalized spacial score (nSPS) is 13.8. The first kappa shape index (κ1) is 18.7. The van der Waals surface area contributed by atoms with Crippen LogP contribution in [0.3, 0.4) is 0 Å². The van der Waals surface area contributed by atoms with Gasteiger partial charge in [-0.3, -0.25) is 4.79 Å². The van der Waals surface area contributed by atoms with Crippen molar-refractivity contribution in [3.63, 3.8) is 0 Å². The van der Waals surface area contributed by atoms with Crippen molar-refractivity contribution in [1.82, 2.24) is 5.32 Å². The largest absolute Gasteiger partial charge is 0.353 e. The average molecular weight is 339 g/mol. The minimum Gasteiger partial charge on any atom is -0.353 e. The second-order valence-electron chi connectivity index (χ2n) is 6.11. The van der Waals surface area contributed by atoms with Crippen molar-refractivity contribution in [2.45, 2.75) is 31.7 Å². The van der Waals surface area contributed by atoms with Gasteiger partial charge in [0, 0.05) is 16.8 Å². The van der Waals surface area contributed by atoms with E-state index in [1.165, 1.54) is 4.88 Å². The summed E-state index contributed by atoms with van der Waals surface area (Å²) in [6.45, 7) is 6.55. The molecule has 5 heteroatoms. The highest BCUT2D eigenvalue weighted by molar-refractivity contribution is 7.10. The Bertz CT molecular complexity index is 594. The number of hydrogen-bond acceptors (Lipinski definition) is 3. The zero-order valence-corrected chi connectivity index (χ0v) is 14.8. The van der Waals surface area contributed by atoms with Gasteiger partial charge in [0.2, 0.25) is 5.91 Å². The maximum atomic E-state index is 12.4. The highest BCUT2D eigenvalue weighted by atomic mass is 35.5. The Morgan fingerprint density at radius 2 is 1.77 bits per heavy atom. The lowest BCUT2D eigenvalue weighted by Gasteiger charge is -2.28. The summed E-state index contributed by atoms with van der Waals surface area (Å²) in [4.78, 5) is 13.7. The van der Waals surface area contributed by atoms with E-state index in [4.69, 9.17) is 5.73 Å². The lowest BCUT2D eigenvalue weighted by Crippen LogP contribution is -2.51. The van der Waals surface area contributed by atoms with Crippen LogP contribution in [0.2, 0.25) is 0 Å². The third-order valence-corrected chi connectivity index (χ3v) is 4.96. The first-order valence-corrected chi connectivity index (χ1v) is 7.89. The second-order valence-corrected chi connectivity index (χ2v) is 7.06. The minimum atomic E-state index is -1.02. The summed E-state index contributed by atoms with van der Waals surface area (Å²) in [5, 5.41) is 5.04. The van der Waals surface area contributed by atoms with Gasteiger partial charge in [0.25, 0.3) is 0 Å². The summed E-state index contributed by atoms with van der Waals surface area (Å²) in [6, 6.07) is 13.6. The third kappa shape index (κ3) is 4.09. The molecule has 0 aliphatic rings. The molecule has 1 aromatic heterocycles. The van der Waals surface area contributed by atoms with Crippen molar-refractivity contribution in [3.05, 3.63) is 58.3 Å². The number of halogens is 1. The van der Waals surface area contributed by atoms with Gasteiger partial charge in [-0.1, -0.05) is 50.2 Å². The van der Waals surface area contributed by atoms with Crippen LogP contribution in [0.15, 0.2) is 47.8 Å². The van der Waals surface area contributed by atoms with E-state index in [0.29, 0.717) is 6.54 Å². The molecule has 0 saturated carbocycles. The highest BCUT2D eigenvalue weighted by Gasteiger charge is 2.32. The standard InChI is InChI=1S/C17H22N2OS.ClH/c1-16(2,14-10-7-11-21-14)12-19-15(20)17(3,18)13-8-5-4-6-9-13;/h4-11H,12,18H2,1-3H3,(H,19,20);1H. The Kier molecular flexibility index (Phi) is 6.17. The molecule has 1 heterocycles. The quantitative estimate of drug-likeness (QED) is 0.877. The molecule has 0 aliphatic heterocycles. The number of carbonyl (C=O) groups is 1. The van der Waals surface area contributed by atoms with Gasteiger partial charge in [-0.2, -0.15) is 0 Å². The van der Waals surface area contributed by atoms with Crippen LogP contribution < -0.4 is 11.1 Å². The Morgan fingerprint density at radius 3 is 2.32 bits per heavy atom. The van der Waals surface area contributed by atoms with Gasteiger partial charge in [0.15, 0.2) is 0 Å². The van der Waals surface area contributed by atoms with Crippen molar-refractivity contribution in [2.75, 3.05) is 6.54 Å². The fourth-order valence-corrected chi connectivity index (χ4v) is 3.00. The minimum absolute atomic E-state index is 0. The van der Waals surface area contributed by atoms with E-state index in [-0.39, 0.29) is 23.7 Å². The molecule has 0 saturated heterocycles. The number of thiophene rings is 1. The maximum absolute atomic E-state index is 12.4. The lowest BCUT2D eigenvalue weighted by molar-refractivity contribution is -0.126. The van der Waals surface area contributed by atoms with Gasteiger partial charge >= 0.3 is 0 Å². The Morgan fingerprint density at radius 1 is 1.14 bits per heavy atom. The molecular weight excluding hydrogens is 316 g/mol. The summed E-state index contributed by atoms with van der Waals surface area (Å²) in [5.41, 5.74) is 5.91. The van der Waals surface area contributed by atoms with Crippen molar-refractivity contribution >= 4 is 29.7 Å². The number of hydrogen-bond donors (Lipinski definition) is 2. The molecule has 0 radical (unpaired) electrons. The molecule has 1 unspecified atom stereocenters. The summed E-state index contributed by atoms with van der Waals surface area (Å²) in [7, 11) is 0. The maximum Gasteiger partial charge on any atom is 0.244 e. The fraction of sp³-hybridized carbons (Fsp3) is 0.353. The van der Waals surface area contributed by atoms with Crippen LogP contribution in [0.5, 0.6) is 0 Å². The average Bonchev–Trinajstić information content (AvgIpc) is 3.00. The van der Waals surface area contributed by atoms with Gasteiger partial charge in [0.1, 0.15) is 5.54 Å². The van der Waals surface area contributed by atoms with E-state index in [9.17, 15) is 4.79 Å². The van der Waals surface area contributed by atoms with Crippen LogP contribution in [0.4, 0.5) is 0 Å². The Balaban J connectivity index is 0.00000242. The lowest BCUT2D eigenvalue weighted by atomic mass is 9.89. The van der Waals surface area contributed by atoms with Gasteiger partial charge in [-0.05, 0) is 23.9 Å². The predicted molar refractivity (Wildman–Crippen MR) is 95.6 cm³/mol. The van der Waals surface area contributed by atoms with Crippen LogP contribution >= 0.6 is 23.7 Å². The number of benzene rings is 1. The molecule has 1 amide bonds. The molecular formula is C17H23ClN2OS. The molecule has 120 valence electrons. The van der Waals surface area contributed by atoms with Gasteiger partial charge in [-0.15, -0.1) is 23.7 Å². The van der Waals surface area contributed by atoms with E-state index >= 15 is 0 Å². The van der Waals surface area contributed by atoms with Crippen LogP contribution in [0, 0.1) is 0 Å². The SMILES string of the molecule is CC(C)(CNC(=O)C(C)(N)c1ccccc1)c1cccs1.Cl. The molecule has 0 spiro atoms. The fourth-order valence-electron chi connectivity index (χ4n) is 2.15. The summed E-state index contributed by atoms with van der Waals surface area (Å²) in [5.74, 6) is -0.154. The van der Waals surface area contributed by atoms with Crippen LogP contribution in [-0.2, 0) is 15.7 Å². The monoisotopic (exact) mass is 338 g/mol. The molecule has 0 bridgehead atoms. The first-order valence-electron chi connectivity index (χ1n) is 7.01. The number of nitrogens with two attached hydrogens (primary N) is 1. The van der Waals surface area contributed by atoms with Gasteiger partial charge in [-0.25, -0.2) is 0 Å². The van der Waals surface area contributed by atoms with Crippen molar-refractivity contribution in [1.29, 1.82) is 0 Å². The molecule has 2 rings (SSSR count). The molecule has 2 aromatic rings. The van der Waals surface area contributed by atoms with E-state index < -0.39 is 5.54 Å². The zero-order chi connectivity index (χ0) is 15.5. The van der Waals surface area contributed by atoms with E-state index in [1.807, 2.05) is 36.4 Å². The van der Waals surface area contributed by atoms with E-state index in [1.54, 1.807) is 18.3 Å². The van der Waals surface area contributed by atoms with Crippen molar-refractivity contribution in [3.8, 4) is 0 Å². The molecule has 1 atom stereocenters. The zero-order valence-electron chi connectivity index (χ0n) is 13.1. The van der Waals surface area contributed by atoms with Crippen molar-refractivity contribution in [2.24, 2.45) is 5.73 Å². The molecule has 22 heavy (non-hydrogen) atoms.